The van der Waals surface area contributed by atoms with E-state index in [4.69, 9.17) is 5.73 Å². The lowest BCUT2D eigenvalue weighted by atomic mass is 10.1. The highest BCUT2D eigenvalue weighted by Gasteiger charge is 2.14. The third kappa shape index (κ3) is 4.63. The van der Waals surface area contributed by atoms with E-state index in [2.05, 4.69) is 20.5 Å². The normalized spacial score (nSPS) is 12.2. The van der Waals surface area contributed by atoms with Gasteiger partial charge in [-0.1, -0.05) is 36.4 Å². The summed E-state index contributed by atoms with van der Waals surface area (Å²) in [6, 6.07) is 25.1. The smallest absolute Gasteiger partial charge is 0.294 e. The van der Waals surface area contributed by atoms with Gasteiger partial charge in [0.2, 0.25) is 0 Å². The summed E-state index contributed by atoms with van der Waals surface area (Å²) in [5.41, 5.74) is 7.98. The Kier molecular flexibility index (Phi) is 5.88. The Morgan fingerprint density at radius 2 is 1.28 bits per heavy atom. The molecule has 0 unspecified atom stereocenters. The molecule has 36 heavy (non-hydrogen) atoms. The van der Waals surface area contributed by atoms with Crippen molar-refractivity contribution in [2.24, 2.45) is 20.5 Å². The molecular formula is C26H19N5O4S. The first-order chi connectivity index (χ1) is 17.3. The van der Waals surface area contributed by atoms with Gasteiger partial charge in [-0.3, -0.25) is 4.55 Å². The van der Waals surface area contributed by atoms with Gasteiger partial charge in [-0.05, 0) is 60.0 Å². The van der Waals surface area contributed by atoms with Crippen molar-refractivity contribution in [1.82, 2.24) is 0 Å². The lowest BCUT2D eigenvalue weighted by Gasteiger charge is -2.07. The number of phenols is 1. The van der Waals surface area contributed by atoms with E-state index in [0.29, 0.717) is 38.9 Å². The predicted molar refractivity (Wildman–Crippen MR) is 139 cm³/mol. The number of anilines is 1. The molecule has 5 rings (SSSR count). The number of benzene rings is 5. The summed E-state index contributed by atoms with van der Waals surface area (Å²) >= 11 is 0. The van der Waals surface area contributed by atoms with Crippen LogP contribution in [0.2, 0.25) is 0 Å². The quantitative estimate of drug-likeness (QED) is 0.132. The minimum absolute atomic E-state index is 0.0836. The third-order valence-corrected chi connectivity index (χ3v) is 6.38. The molecule has 9 nitrogen and oxygen atoms in total. The van der Waals surface area contributed by atoms with E-state index in [0.717, 1.165) is 5.39 Å². The number of nitrogens with zero attached hydrogens (tertiary/aromatic N) is 4. The van der Waals surface area contributed by atoms with Crippen LogP contribution in [0.4, 0.5) is 28.4 Å². The Bertz CT molecular complexity index is 1790. The lowest BCUT2D eigenvalue weighted by Crippen LogP contribution is -1.97. The van der Waals surface area contributed by atoms with Crippen molar-refractivity contribution >= 4 is 60.1 Å². The van der Waals surface area contributed by atoms with E-state index in [1.54, 1.807) is 54.6 Å². The molecule has 0 spiro atoms. The summed E-state index contributed by atoms with van der Waals surface area (Å²) in [7, 11) is -4.46. The highest BCUT2D eigenvalue weighted by molar-refractivity contribution is 7.85. The third-order valence-electron chi connectivity index (χ3n) is 5.53. The molecule has 5 aromatic carbocycles. The number of rotatable bonds is 5. The van der Waals surface area contributed by atoms with Gasteiger partial charge in [0.25, 0.3) is 10.1 Å². The summed E-state index contributed by atoms with van der Waals surface area (Å²) in [5, 5.41) is 29.9. The number of azo groups is 2. The minimum Gasteiger partial charge on any atom is -0.505 e. The number of fused-ring (bicyclic) bond motifs is 2. The molecule has 0 fully saturated rings. The first kappa shape index (κ1) is 23.1. The zero-order chi connectivity index (χ0) is 25.3. The number of hydrogen-bond donors (Lipinski definition) is 3. The van der Waals surface area contributed by atoms with Crippen LogP contribution in [0.25, 0.3) is 21.5 Å². The molecule has 0 aliphatic rings. The number of phenolic OH excluding ortho intramolecular Hbond substituents is 1. The Morgan fingerprint density at radius 3 is 2.03 bits per heavy atom. The van der Waals surface area contributed by atoms with Crippen molar-refractivity contribution in [3.63, 3.8) is 0 Å². The van der Waals surface area contributed by atoms with Crippen LogP contribution in [0.3, 0.4) is 0 Å². The van der Waals surface area contributed by atoms with Gasteiger partial charge in [0.1, 0.15) is 5.69 Å². The highest BCUT2D eigenvalue weighted by Crippen LogP contribution is 2.39. The van der Waals surface area contributed by atoms with Crippen molar-refractivity contribution in [2.75, 3.05) is 5.73 Å². The minimum atomic E-state index is -4.46. The summed E-state index contributed by atoms with van der Waals surface area (Å²) in [6.07, 6.45) is 0. The van der Waals surface area contributed by atoms with E-state index < -0.39 is 10.1 Å². The lowest BCUT2D eigenvalue weighted by molar-refractivity contribution is 0.482. The zero-order valence-electron chi connectivity index (χ0n) is 18.6. The maximum atomic E-state index is 11.8. The zero-order valence-corrected chi connectivity index (χ0v) is 19.5. The topological polar surface area (TPSA) is 150 Å². The molecular weight excluding hydrogens is 478 g/mol. The fourth-order valence-corrected chi connectivity index (χ4v) is 4.24. The number of aromatic hydroxyl groups is 1. The van der Waals surface area contributed by atoms with E-state index in [1.807, 2.05) is 18.2 Å². The van der Waals surface area contributed by atoms with Gasteiger partial charge in [0, 0.05) is 21.8 Å². The molecule has 0 aliphatic carbocycles. The maximum Gasteiger partial charge on any atom is 0.294 e. The monoisotopic (exact) mass is 497 g/mol. The van der Waals surface area contributed by atoms with Gasteiger partial charge in [0.05, 0.1) is 22.0 Å². The number of nitrogens with two attached hydrogens (primary N) is 1. The molecule has 0 saturated heterocycles. The average Bonchev–Trinajstić information content (AvgIpc) is 2.87. The molecule has 0 aromatic heterocycles. The van der Waals surface area contributed by atoms with Crippen LogP contribution >= 0.6 is 0 Å². The summed E-state index contributed by atoms with van der Waals surface area (Å²) < 4.78 is 33.1. The SMILES string of the molecule is Nc1ccc2ccc(N=Nc3ccc(N=Nc4ccccc4)c4ccc(S(=O)(=O)O)cc34)c(O)c2c1. The second-order valence-corrected chi connectivity index (χ2v) is 9.36. The predicted octanol–water partition coefficient (Wildman–Crippen LogP) is 7.36. The second-order valence-electron chi connectivity index (χ2n) is 7.94. The van der Waals surface area contributed by atoms with E-state index in [9.17, 15) is 18.1 Å². The second kappa shape index (κ2) is 9.17. The van der Waals surface area contributed by atoms with Crippen LogP contribution in [0.15, 0.2) is 116 Å². The first-order valence-corrected chi connectivity index (χ1v) is 12.2. The molecule has 0 aliphatic heterocycles. The average molecular weight is 498 g/mol. The van der Waals surface area contributed by atoms with E-state index >= 15 is 0 Å². The number of nitrogen functional groups attached to an aromatic ring is 1. The summed E-state index contributed by atoms with van der Waals surface area (Å²) in [5.74, 6) is -0.0836. The van der Waals surface area contributed by atoms with Crippen LogP contribution in [0, 0.1) is 0 Å². The Hall–Kier alpha value is -4.67. The summed E-state index contributed by atoms with van der Waals surface area (Å²) in [4.78, 5) is -0.298. The molecule has 4 N–H and O–H groups in total. The molecule has 5 aromatic rings. The van der Waals surface area contributed by atoms with Crippen LogP contribution in [-0.4, -0.2) is 18.1 Å². The van der Waals surface area contributed by atoms with Crippen molar-refractivity contribution in [3.8, 4) is 5.75 Å². The van der Waals surface area contributed by atoms with Crippen molar-refractivity contribution in [3.05, 3.63) is 91.0 Å². The standard InChI is InChI=1S/C26H19N5O4S/c27-17-8-6-16-7-11-25(26(32)21(16)14-17)31-30-24-13-12-23(29-28-18-4-2-1-3-5-18)20-10-9-19(15-22(20)24)36(33,34)35/h1-15,32H,27H2,(H,33,34,35). The van der Waals surface area contributed by atoms with Gasteiger partial charge >= 0.3 is 0 Å². The Morgan fingerprint density at radius 1 is 0.639 bits per heavy atom. The fraction of sp³-hybridized carbons (Fsp3) is 0. The largest absolute Gasteiger partial charge is 0.505 e. The van der Waals surface area contributed by atoms with Crippen LogP contribution in [-0.2, 0) is 10.1 Å². The van der Waals surface area contributed by atoms with Crippen molar-refractivity contribution < 1.29 is 18.1 Å². The van der Waals surface area contributed by atoms with Gasteiger partial charge in [0.15, 0.2) is 5.75 Å². The Balaban J connectivity index is 1.62. The first-order valence-electron chi connectivity index (χ1n) is 10.7. The van der Waals surface area contributed by atoms with E-state index in [-0.39, 0.29) is 16.3 Å². The van der Waals surface area contributed by atoms with Gasteiger partial charge in [-0.2, -0.15) is 13.5 Å². The maximum absolute atomic E-state index is 11.8. The van der Waals surface area contributed by atoms with Crippen molar-refractivity contribution in [2.45, 2.75) is 4.90 Å². The van der Waals surface area contributed by atoms with E-state index in [1.165, 1.54) is 18.2 Å². The van der Waals surface area contributed by atoms with Gasteiger partial charge < -0.3 is 10.8 Å². The van der Waals surface area contributed by atoms with Gasteiger partial charge in [-0.25, -0.2) is 0 Å². The van der Waals surface area contributed by atoms with Crippen LogP contribution in [0.5, 0.6) is 5.75 Å². The molecule has 178 valence electrons. The molecule has 0 radical (unpaired) electrons. The Labute approximate surface area is 206 Å². The molecule has 0 heterocycles. The van der Waals surface area contributed by atoms with Crippen molar-refractivity contribution in [1.29, 1.82) is 0 Å². The molecule has 10 heteroatoms. The fourth-order valence-electron chi connectivity index (χ4n) is 3.74. The van der Waals surface area contributed by atoms with Crippen LogP contribution in [0.1, 0.15) is 0 Å². The molecule has 0 amide bonds. The number of hydrogen-bond acceptors (Lipinski definition) is 8. The summed E-state index contributed by atoms with van der Waals surface area (Å²) in [6.45, 7) is 0. The van der Waals surface area contributed by atoms with Gasteiger partial charge in [-0.15, -0.1) is 15.3 Å². The molecule has 0 atom stereocenters. The molecule has 0 bridgehead atoms. The molecule has 0 saturated carbocycles. The van der Waals surface area contributed by atoms with Crippen LogP contribution < -0.4 is 5.73 Å². The highest BCUT2D eigenvalue weighted by atomic mass is 32.2.